The van der Waals surface area contributed by atoms with Crippen molar-refractivity contribution >= 4 is 23.6 Å². The van der Waals surface area contributed by atoms with E-state index in [-0.39, 0.29) is 17.0 Å². The Labute approximate surface area is 119 Å². The Kier molecular flexibility index (Phi) is 4.18. The Morgan fingerprint density at radius 3 is 2.62 bits per heavy atom. The second-order valence-electron chi connectivity index (χ2n) is 4.27. The van der Waals surface area contributed by atoms with Crippen molar-refractivity contribution in [3.05, 3.63) is 59.3 Å². The minimum absolute atomic E-state index is 0.115. The number of furan rings is 1. The lowest BCUT2D eigenvalue weighted by Gasteiger charge is -2.04. The van der Waals surface area contributed by atoms with Gasteiger partial charge in [-0.3, -0.25) is 4.79 Å². The zero-order valence-corrected chi connectivity index (χ0v) is 11.1. The van der Waals surface area contributed by atoms with Crippen molar-refractivity contribution in [3.63, 3.8) is 0 Å². The predicted octanol–water partition coefficient (Wildman–Crippen LogP) is 3.08. The van der Waals surface area contributed by atoms with Gasteiger partial charge in [0.1, 0.15) is 11.6 Å². The second kappa shape index (κ2) is 6.04. The van der Waals surface area contributed by atoms with E-state index in [4.69, 9.17) is 9.52 Å². The van der Waals surface area contributed by atoms with E-state index in [1.165, 1.54) is 18.2 Å². The summed E-state index contributed by atoms with van der Waals surface area (Å²) in [6.07, 6.45) is 1.97. The number of anilines is 1. The molecule has 6 heteroatoms. The molecule has 1 aromatic heterocycles. The first-order valence-corrected chi connectivity index (χ1v) is 6.04. The number of benzene rings is 1. The van der Waals surface area contributed by atoms with Crippen LogP contribution in [0, 0.1) is 12.7 Å². The number of amides is 1. The van der Waals surface area contributed by atoms with Gasteiger partial charge in [0.05, 0.1) is 0 Å². The zero-order valence-electron chi connectivity index (χ0n) is 11.1. The number of carbonyl (C=O) groups is 2. The average molecular weight is 289 g/mol. The number of aliphatic carboxylic acids is 1. The molecule has 2 aromatic rings. The number of rotatable bonds is 4. The number of aryl methyl sites for hydroxylation is 1. The molecule has 0 fully saturated rings. The first-order chi connectivity index (χ1) is 9.95. The molecule has 0 unspecified atom stereocenters. The quantitative estimate of drug-likeness (QED) is 0.848. The Bertz CT molecular complexity index is 718. The van der Waals surface area contributed by atoms with Crippen molar-refractivity contribution in [2.24, 2.45) is 0 Å². The summed E-state index contributed by atoms with van der Waals surface area (Å²) < 4.78 is 18.9. The molecule has 1 amide bonds. The number of halogens is 1. The SMILES string of the molecule is Cc1ccc(C(=O)Nc2ccc(C=CC(=O)O)c(F)c2)o1. The fourth-order valence-corrected chi connectivity index (χ4v) is 1.65. The van der Waals surface area contributed by atoms with Crippen LogP contribution in [0.2, 0.25) is 0 Å². The van der Waals surface area contributed by atoms with Gasteiger partial charge < -0.3 is 14.8 Å². The summed E-state index contributed by atoms with van der Waals surface area (Å²) in [7, 11) is 0. The molecule has 2 rings (SSSR count). The molecule has 1 aromatic carbocycles. The van der Waals surface area contributed by atoms with Crippen molar-refractivity contribution in [1.82, 2.24) is 0 Å². The van der Waals surface area contributed by atoms with Crippen LogP contribution in [0.1, 0.15) is 21.9 Å². The van der Waals surface area contributed by atoms with E-state index in [2.05, 4.69) is 5.32 Å². The molecule has 0 radical (unpaired) electrons. The van der Waals surface area contributed by atoms with Crippen LogP contribution in [0.15, 0.2) is 40.8 Å². The van der Waals surface area contributed by atoms with Crippen LogP contribution in [-0.2, 0) is 4.79 Å². The molecule has 1 heterocycles. The lowest BCUT2D eigenvalue weighted by Crippen LogP contribution is -2.11. The van der Waals surface area contributed by atoms with Gasteiger partial charge in [-0.25, -0.2) is 9.18 Å². The highest BCUT2D eigenvalue weighted by atomic mass is 19.1. The van der Waals surface area contributed by atoms with Gasteiger partial charge >= 0.3 is 5.97 Å². The Balaban J connectivity index is 2.13. The highest BCUT2D eigenvalue weighted by molar-refractivity contribution is 6.02. The van der Waals surface area contributed by atoms with Gasteiger partial charge in [-0.05, 0) is 43.3 Å². The second-order valence-corrected chi connectivity index (χ2v) is 4.27. The fraction of sp³-hybridized carbons (Fsp3) is 0.0667. The van der Waals surface area contributed by atoms with E-state index in [1.54, 1.807) is 13.0 Å². The summed E-state index contributed by atoms with van der Waals surface area (Å²) in [6, 6.07) is 7.12. The molecule has 0 atom stereocenters. The van der Waals surface area contributed by atoms with Gasteiger partial charge in [-0.1, -0.05) is 0 Å². The van der Waals surface area contributed by atoms with E-state index >= 15 is 0 Å². The fourth-order valence-electron chi connectivity index (χ4n) is 1.65. The monoisotopic (exact) mass is 289 g/mol. The van der Waals surface area contributed by atoms with E-state index in [9.17, 15) is 14.0 Å². The van der Waals surface area contributed by atoms with E-state index in [0.29, 0.717) is 5.76 Å². The Hall–Kier alpha value is -2.89. The Morgan fingerprint density at radius 2 is 2.05 bits per heavy atom. The minimum atomic E-state index is -1.17. The van der Waals surface area contributed by atoms with Gasteiger partial charge in [0.15, 0.2) is 5.76 Å². The number of carboxylic acids is 1. The van der Waals surface area contributed by atoms with E-state index in [0.717, 1.165) is 18.2 Å². The number of carboxylic acid groups (broad SMARTS) is 1. The summed E-state index contributed by atoms with van der Waals surface area (Å²) in [6.45, 7) is 1.71. The van der Waals surface area contributed by atoms with Gasteiger partial charge in [0.2, 0.25) is 0 Å². The summed E-state index contributed by atoms with van der Waals surface area (Å²) >= 11 is 0. The summed E-state index contributed by atoms with van der Waals surface area (Å²) in [5, 5.41) is 11.0. The van der Waals surface area contributed by atoms with Crippen molar-refractivity contribution in [1.29, 1.82) is 0 Å². The molecule has 0 spiro atoms. The molecule has 0 aliphatic carbocycles. The summed E-state index contributed by atoms with van der Waals surface area (Å²) in [4.78, 5) is 22.2. The van der Waals surface area contributed by atoms with Crippen molar-refractivity contribution in [3.8, 4) is 0 Å². The summed E-state index contributed by atoms with van der Waals surface area (Å²) in [5.74, 6) is -1.57. The molecular weight excluding hydrogens is 277 g/mol. The maximum atomic E-state index is 13.7. The maximum Gasteiger partial charge on any atom is 0.328 e. The average Bonchev–Trinajstić information content (AvgIpc) is 2.84. The van der Waals surface area contributed by atoms with Crippen LogP contribution in [-0.4, -0.2) is 17.0 Å². The van der Waals surface area contributed by atoms with Crippen LogP contribution in [0.5, 0.6) is 0 Å². The van der Waals surface area contributed by atoms with Crippen LogP contribution in [0.4, 0.5) is 10.1 Å². The minimum Gasteiger partial charge on any atom is -0.478 e. The molecule has 21 heavy (non-hydrogen) atoms. The zero-order chi connectivity index (χ0) is 15.4. The third-order valence-electron chi connectivity index (χ3n) is 2.63. The van der Waals surface area contributed by atoms with Gasteiger partial charge in [-0.15, -0.1) is 0 Å². The molecule has 0 saturated heterocycles. The van der Waals surface area contributed by atoms with Gasteiger partial charge in [0.25, 0.3) is 5.91 Å². The van der Waals surface area contributed by atoms with E-state index in [1.807, 2.05) is 0 Å². The van der Waals surface area contributed by atoms with E-state index < -0.39 is 17.7 Å². The molecule has 0 aliphatic rings. The largest absolute Gasteiger partial charge is 0.478 e. The first-order valence-electron chi connectivity index (χ1n) is 6.04. The predicted molar refractivity (Wildman–Crippen MR) is 74.5 cm³/mol. The van der Waals surface area contributed by atoms with Crippen molar-refractivity contribution < 1.29 is 23.5 Å². The maximum absolute atomic E-state index is 13.7. The highest BCUT2D eigenvalue weighted by Gasteiger charge is 2.11. The normalized spacial score (nSPS) is 10.8. The van der Waals surface area contributed by atoms with Crippen molar-refractivity contribution in [2.45, 2.75) is 6.92 Å². The third-order valence-corrected chi connectivity index (χ3v) is 2.63. The number of nitrogens with one attached hydrogen (secondary N) is 1. The van der Waals surface area contributed by atoms with Crippen LogP contribution in [0.3, 0.4) is 0 Å². The Morgan fingerprint density at radius 1 is 1.29 bits per heavy atom. The van der Waals surface area contributed by atoms with Crippen LogP contribution >= 0.6 is 0 Å². The number of hydrogen-bond acceptors (Lipinski definition) is 3. The first kappa shape index (κ1) is 14.5. The van der Waals surface area contributed by atoms with Crippen LogP contribution in [0.25, 0.3) is 6.08 Å². The lowest BCUT2D eigenvalue weighted by molar-refractivity contribution is -0.131. The smallest absolute Gasteiger partial charge is 0.328 e. The number of hydrogen-bond donors (Lipinski definition) is 2. The van der Waals surface area contributed by atoms with Gasteiger partial charge in [0, 0.05) is 17.3 Å². The van der Waals surface area contributed by atoms with Crippen LogP contribution < -0.4 is 5.32 Å². The topological polar surface area (TPSA) is 79.5 Å². The lowest BCUT2D eigenvalue weighted by atomic mass is 10.1. The molecule has 108 valence electrons. The molecule has 5 nitrogen and oxygen atoms in total. The highest BCUT2D eigenvalue weighted by Crippen LogP contribution is 2.17. The number of carbonyl (C=O) groups excluding carboxylic acids is 1. The van der Waals surface area contributed by atoms with Crippen molar-refractivity contribution in [2.75, 3.05) is 5.32 Å². The molecular formula is C15H12FNO4. The molecule has 0 bridgehead atoms. The molecule has 2 N–H and O–H groups in total. The standard InChI is InChI=1S/C15H12FNO4/c1-9-2-6-13(21-9)15(20)17-11-5-3-10(12(16)8-11)4-7-14(18)19/h2-8H,1H3,(H,17,20)(H,18,19). The third kappa shape index (κ3) is 3.79. The van der Waals surface area contributed by atoms with Gasteiger partial charge in [-0.2, -0.15) is 0 Å². The molecule has 0 saturated carbocycles. The molecule has 0 aliphatic heterocycles. The summed E-state index contributed by atoms with van der Waals surface area (Å²) in [5.41, 5.74) is 0.364.